The second-order valence-corrected chi connectivity index (χ2v) is 5.76. The van der Waals surface area contributed by atoms with E-state index in [1.807, 2.05) is 12.1 Å². The molecule has 0 spiro atoms. The van der Waals surface area contributed by atoms with Gasteiger partial charge >= 0.3 is 0 Å². The molecule has 2 fully saturated rings. The first-order valence-electron chi connectivity index (χ1n) is 6.99. The quantitative estimate of drug-likeness (QED) is 0.854. The van der Waals surface area contributed by atoms with Crippen molar-refractivity contribution in [2.45, 2.75) is 50.9 Å². The lowest BCUT2D eigenvalue weighted by Crippen LogP contribution is -2.33. The van der Waals surface area contributed by atoms with Crippen molar-refractivity contribution in [3.05, 3.63) is 29.8 Å². The Bertz CT molecular complexity index is 399. The molecule has 0 aromatic heterocycles. The van der Waals surface area contributed by atoms with E-state index in [1.54, 1.807) is 12.1 Å². The third-order valence-electron chi connectivity index (χ3n) is 4.17. The van der Waals surface area contributed by atoms with Gasteiger partial charge in [0.05, 0.1) is 0 Å². The van der Waals surface area contributed by atoms with Crippen LogP contribution >= 0.6 is 0 Å². The first kappa shape index (κ1) is 12.0. The van der Waals surface area contributed by atoms with E-state index >= 15 is 0 Å². The van der Waals surface area contributed by atoms with Crippen molar-refractivity contribution < 1.29 is 5.11 Å². The Morgan fingerprint density at radius 1 is 1.28 bits per heavy atom. The molecule has 0 bridgehead atoms. The van der Waals surface area contributed by atoms with E-state index < -0.39 is 0 Å². The molecule has 1 aromatic rings. The average molecular weight is 246 g/mol. The summed E-state index contributed by atoms with van der Waals surface area (Å²) in [5.41, 5.74) is 1.24. The summed E-state index contributed by atoms with van der Waals surface area (Å²) < 4.78 is 0. The maximum atomic E-state index is 9.25. The van der Waals surface area contributed by atoms with E-state index in [9.17, 15) is 5.11 Å². The van der Waals surface area contributed by atoms with Crippen molar-refractivity contribution in [3.8, 4) is 5.75 Å². The third kappa shape index (κ3) is 2.68. The molecular weight excluding hydrogens is 224 g/mol. The Labute approximate surface area is 109 Å². The minimum absolute atomic E-state index is 0.341. The van der Waals surface area contributed by atoms with Crippen molar-refractivity contribution in [1.29, 1.82) is 0 Å². The minimum Gasteiger partial charge on any atom is -0.508 e. The molecule has 1 saturated carbocycles. The molecule has 98 valence electrons. The molecule has 0 amide bonds. The number of phenols is 1. The summed E-state index contributed by atoms with van der Waals surface area (Å²) in [5.74, 6) is 0.341. The molecule has 1 saturated heterocycles. The normalized spacial score (nSPS) is 28.7. The van der Waals surface area contributed by atoms with E-state index in [0.717, 1.165) is 18.6 Å². The fourth-order valence-corrected chi connectivity index (χ4v) is 3.00. The number of nitrogens with one attached hydrogen (secondary N) is 1. The Morgan fingerprint density at radius 2 is 2.00 bits per heavy atom. The van der Waals surface area contributed by atoms with Crippen molar-refractivity contribution in [1.82, 2.24) is 10.2 Å². The van der Waals surface area contributed by atoms with Crippen LogP contribution in [0, 0.1) is 0 Å². The maximum absolute atomic E-state index is 9.25. The van der Waals surface area contributed by atoms with Gasteiger partial charge in [0.1, 0.15) is 5.75 Å². The summed E-state index contributed by atoms with van der Waals surface area (Å²) in [6.07, 6.45) is 4.05. The van der Waals surface area contributed by atoms with Gasteiger partial charge in [0.2, 0.25) is 0 Å². The number of hydrogen-bond acceptors (Lipinski definition) is 3. The van der Waals surface area contributed by atoms with Crippen LogP contribution in [-0.2, 0) is 6.54 Å². The van der Waals surface area contributed by atoms with Crippen molar-refractivity contribution >= 4 is 0 Å². The molecule has 2 aliphatic rings. The summed E-state index contributed by atoms with van der Waals surface area (Å²) in [6, 6.07) is 9.71. The first-order chi connectivity index (χ1) is 8.72. The van der Waals surface area contributed by atoms with E-state index in [4.69, 9.17) is 0 Å². The van der Waals surface area contributed by atoms with Gasteiger partial charge < -0.3 is 10.4 Å². The zero-order chi connectivity index (χ0) is 12.5. The van der Waals surface area contributed by atoms with Crippen LogP contribution in [0.3, 0.4) is 0 Å². The number of nitrogens with zero attached hydrogens (tertiary/aromatic N) is 1. The molecule has 3 nitrogen and oxygen atoms in total. The fraction of sp³-hybridized carbons (Fsp3) is 0.600. The summed E-state index contributed by atoms with van der Waals surface area (Å²) in [6.45, 7) is 4.45. The van der Waals surface area contributed by atoms with E-state index in [-0.39, 0.29) is 0 Å². The van der Waals surface area contributed by atoms with Crippen LogP contribution in [0.15, 0.2) is 24.3 Å². The lowest BCUT2D eigenvalue weighted by molar-refractivity contribution is 0.255. The molecular formula is C15H22N2O. The lowest BCUT2D eigenvalue weighted by atomic mass is 10.1. The van der Waals surface area contributed by atoms with Gasteiger partial charge in [0, 0.05) is 31.2 Å². The van der Waals surface area contributed by atoms with Gasteiger partial charge in [-0.3, -0.25) is 4.90 Å². The summed E-state index contributed by atoms with van der Waals surface area (Å²) in [4.78, 5) is 2.66. The second-order valence-electron chi connectivity index (χ2n) is 5.76. The van der Waals surface area contributed by atoms with Crippen molar-refractivity contribution in [2.75, 3.05) is 6.54 Å². The zero-order valence-corrected chi connectivity index (χ0v) is 11.0. The first-order valence-corrected chi connectivity index (χ1v) is 6.99. The van der Waals surface area contributed by atoms with Crippen molar-refractivity contribution in [3.63, 3.8) is 0 Å². The maximum Gasteiger partial charge on any atom is 0.115 e. The number of phenolic OH excluding ortho intramolecular Hbond substituents is 1. The molecule has 2 atom stereocenters. The predicted molar refractivity (Wildman–Crippen MR) is 72.5 cm³/mol. The Balaban J connectivity index is 1.50. The number of likely N-dealkylation sites (tertiary alicyclic amines) is 1. The van der Waals surface area contributed by atoms with E-state index in [2.05, 4.69) is 17.1 Å². The summed E-state index contributed by atoms with van der Waals surface area (Å²) >= 11 is 0. The van der Waals surface area contributed by atoms with Crippen LogP contribution in [0.4, 0.5) is 0 Å². The van der Waals surface area contributed by atoms with Gasteiger partial charge in [-0.2, -0.15) is 0 Å². The average Bonchev–Trinajstić information content (AvgIpc) is 3.13. The van der Waals surface area contributed by atoms with Gasteiger partial charge in [-0.1, -0.05) is 12.1 Å². The monoisotopic (exact) mass is 246 g/mol. The number of benzene rings is 1. The minimum atomic E-state index is 0.341. The molecule has 3 heteroatoms. The highest BCUT2D eigenvalue weighted by Crippen LogP contribution is 2.33. The highest BCUT2D eigenvalue weighted by molar-refractivity contribution is 5.25. The highest BCUT2D eigenvalue weighted by atomic mass is 16.3. The molecule has 2 N–H and O–H groups in total. The topological polar surface area (TPSA) is 35.5 Å². The van der Waals surface area contributed by atoms with Gasteiger partial charge in [0.25, 0.3) is 0 Å². The smallest absolute Gasteiger partial charge is 0.115 e. The zero-order valence-electron chi connectivity index (χ0n) is 11.0. The number of rotatable bonds is 4. The Morgan fingerprint density at radius 3 is 2.67 bits per heavy atom. The van der Waals surface area contributed by atoms with Crippen LogP contribution in [0.5, 0.6) is 5.75 Å². The number of aromatic hydroxyl groups is 1. The van der Waals surface area contributed by atoms with E-state index in [0.29, 0.717) is 11.8 Å². The van der Waals surface area contributed by atoms with Gasteiger partial charge in [-0.05, 0) is 43.9 Å². The van der Waals surface area contributed by atoms with Gasteiger partial charge in [0.15, 0.2) is 0 Å². The molecule has 1 aliphatic heterocycles. The van der Waals surface area contributed by atoms with Crippen LogP contribution in [0.25, 0.3) is 0 Å². The Kier molecular flexibility index (Phi) is 3.27. The molecule has 1 aliphatic carbocycles. The lowest BCUT2D eigenvalue weighted by Gasteiger charge is -2.19. The molecule has 3 rings (SSSR count). The fourth-order valence-electron chi connectivity index (χ4n) is 3.00. The largest absolute Gasteiger partial charge is 0.508 e. The summed E-state index contributed by atoms with van der Waals surface area (Å²) in [5, 5.41) is 12.9. The van der Waals surface area contributed by atoms with Gasteiger partial charge in [-0.15, -0.1) is 0 Å². The van der Waals surface area contributed by atoms with Crippen LogP contribution in [-0.4, -0.2) is 34.7 Å². The second kappa shape index (κ2) is 4.90. The van der Waals surface area contributed by atoms with Crippen LogP contribution < -0.4 is 5.32 Å². The highest BCUT2D eigenvalue weighted by Gasteiger charge is 2.38. The number of hydrogen-bond donors (Lipinski definition) is 2. The standard InChI is InChI=1S/C15H22N2O/c1-11-8-13(10-17(11)14-4-5-14)16-9-12-2-6-15(18)7-3-12/h2-3,6-7,11,13-14,16,18H,4-5,8-10H2,1H3. The Hall–Kier alpha value is -1.06. The molecule has 1 heterocycles. The predicted octanol–water partition coefficient (Wildman–Crippen LogP) is 2.11. The summed E-state index contributed by atoms with van der Waals surface area (Å²) in [7, 11) is 0. The molecule has 1 aromatic carbocycles. The van der Waals surface area contributed by atoms with Crippen molar-refractivity contribution in [2.24, 2.45) is 0 Å². The SMILES string of the molecule is CC1CC(NCc2ccc(O)cc2)CN1C1CC1. The molecule has 18 heavy (non-hydrogen) atoms. The molecule has 2 unspecified atom stereocenters. The third-order valence-corrected chi connectivity index (χ3v) is 4.17. The van der Waals surface area contributed by atoms with Gasteiger partial charge in [-0.25, -0.2) is 0 Å². The van der Waals surface area contributed by atoms with Crippen LogP contribution in [0.2, 0.25) is 0 Å². The molecule has 0 radical (unpaired) electrons. The van der Waals surface area contributed by atoms with E-state index in [1.165, 1.54) is 31.4 Å². The van der Waals surface area contributed by atoms with Crippen LogP contribution in [0.1, 0.15) is 31.7 Å².